The number of benzene rings is 1. The number of piperidine rings is 1. The van der Waals surface area contributed by atoms with Crippen molar-refractivity contribution in [3.8, 4) is 11.5 Å². The van der Waals surface area contributed by atoms with E-state index >= 15 is 0 Å². The summed E-state index contributed by atoms with van der Waals surface area (Å²) in [5.74, 6) is 0.855. The quantitative estimate of drug-likeness (QED) is 0.861. The number of carbonyl (C=O) groups excluding carboxylic acids is 1. The normalized spacial score (nSPS) is 27.2. The molecule has 2 unspecified atom stereocenters. The van der Waals surface area contributed by atoms with Crippen molar-refractivity contribution < 1.29 is 19.0 Å². The molecule has 5 nitrogen and oxygen atoms in total. The van der Waals surface area contributed by atoms with Gasteiger partial charge in [0.15, 0.2) is 11.5 Å². The Labute approximate surface area is 124 Å². The van der Waals surface area contributed by atoms with Gasteiger partial charge in [-0.15, -0.1) is 0 Å². The zero-order chi connectivity index (χ0) is 14.8. The van der Waals surface area contributed by atoms with Crippen LogP contribution in [-0.4, -0.2) is 38.4 Å². The van der Waals surface area contributed by atoms with Crippen LogP contribution in [0.5, 0.6) is 11.5 Å². The summed E-state index contributed by atoms with van der Waals surface area (Å²) in [6.07, 6.45) is 4.22. The van der Waals surface area contributed by atoms with Crippen LogP contribution in [0, 0.1) is 0 Å². The number of ether oxygens (including phenoxy) is 3. The van der Waals surface area contributed by atoms with Gasteiger partial charge in [-0.2, -0.15) is 0 Å². The Morgan fingerprint density at radius 2 is 1.76 bits per heavy atom. The standard InChI is InChI=1S/C16H21NO4/c1-19-14-6-3-10(7-15(14)20-2)16(18)21-13-8-11-4-5-12(9-13)17-11/h3,6-7,11-13,17H,4-5,8-9H2,1-2H3/t11-,12?,13?/m1/s1. The van der Waals surface area contributed by atoms with E-state index in [9.17, 15) is 4.79 Å². The Kier molecular flexibility index (Phi) is 4.01. The fourth-order valence-electron chi connectivity index (χ4n) is 3.28. The Balaban J connectivity index is 1.67. The summed E-state index contributed by atoms with van der Waals surface area (Å²) in [7, 11) is 3.12. The summed E-state index contributed by atoms with van der Waals surface area (Å²) in [4.78, 5) is 12.3. The highest BCUT2D eigenvalue weighted by Gasteiger charge is 2.35. The predicted molar refractivity (Wildman–Crippen MR) is 77.9 cm³/mol. The Hall–Kier alpha value is -1.75. The third-order valence-electron chi connectivity index (χ3n) is 4.32. The fourth-order valence-corrected chi connectivity index (χ4v) is 3.28. The van der Waals surface area contributed by atoms with E-state index in [2.05, 4.69) is 5.32 Å². The first kappa shape index (κ1) is 14.2. The van der Waals surface area contributed by atoms with Crippen LogP contribution in [0.3, 0.4) is 0 Å². The number of fused-ring (bicyclic) bond motifs is 2. The molecule has 3 atom stereocenters. The number of hydrogen-bond acceptors (Lipinski definition) is 5. The monoisotopic (exact) mass is 291 g/mol. The topological polar surface area (TPSA) is 56.8 Å². The SMILES string of the molecule is COc1ccc(C(=O)OC2CC3CC[C@H](C2)N3)cc1OC. The molecular weight excluding hydrogens is 270 g/mol. The van der Waals surface area contributed by atoms with Crippen LogP contribution in [0.2, 0.25) is 0 Å². The first-order chi connectivity index (χ1) is 10.2. The zero-order valence-corrected chi connectivity index (χ0v) is 12.4. The molecule has 114 valence electrons. The van der Waals surface area contributed by atoms with Crippen molar-refractivity contribution in [3.05, 3.63) is 23.8 Å². The van der Waals surface area contributed by atoms with Crippen molar-refractivity contribution >= 4 is 5.97 Å². The van der Waals surface area contributed by atoms with E-state index in [1.165, 1.54) is 12.8 Å². The van der Waals surface area contributed by atoms with Crippen molar-refractivity contribution in [1.82, 2.24) is 5.32 Å². The summed E-state index contributed by atoms with van der Waals surface area (Å²) in [6.45, 7) is 0. The maximum absolute atomic E-state index is 12.3. The molecule has 2 heterocycles. The zero-order valence-electron chi connectivity index (χ0n) is 12.4. The van der Waals surface area contributed by atoms with Crippen molar-refractivity contribution in [3.63, 3.8) is 0 Å². The molecule has 2 aliphatic rings. The van der Waals surface area contributed by atoms with E-state index in [0.717, 1.165) is 12.8 Å². The van der Waals surface area contributed by atoms with E-state index in [1.54, 1.807) is 32.4 Å². The molecule has 0 amide bonds. The number of rotatable bonds is 4. The molecule has 5 heteroatoms. The van der Waals surface area contributed by atoms with Crippen molar-refractivity contribution in [2.24, 2.45) is 0 Å². The summed E-state index contributed by atoms with van der Waals surface area (Å²) in [5.41, 5.74) is 0.499. The van der Waals surface area contributed by atoms with Gasteiger partial charge in [0.1, 0.15) is 6.10 Å². The molecular formula is C16H21NO4. The lowest BCUT2D eigenvalue weighted by Crippen LogP contribution is -2.42. The summed E-state index contributed by atoms with van der Waals surface area (Å²) < 4.78 is 16.0. The predicted octanol–water partition coefficient (Wildman–Crippen LogP) is 2.14. The van der Waals surface area contributed by atoms with E-state index in [-0.39, 0.29) is 12.1 Å². The molecule has 1 aromatic carbocycles. The van der Waals surface area contributed by atoms with Gasteiger partial charge in [-0.3, -0.25) is 0 Å². The molecule has 1 aromatic rings. The number of nitrogens with one attached hydrogen (secondary N) is 1. The number of esters is 1. The minimum atomic E-state index is -0.290. The largest absolute Gasteiger partial charge is 0.493 e. The number of methoxy groups -OCH3 is 2. The second kappa shape index (κ2) is 5.93. The number of carbonyl (C=O) groups is 1. The highest BCUT2D eigenvalue weighted by atomic mass is 16.5. The van der Waals surface area contributed by atoms with Gasteiger partial charge in [0.25, 0.3) is 0 Å². The van der Waals surface area contributed by atoms with Crippen LogP contribution in [-0.2, 0) is 4.74 Å². The molecule has 3 rings (SSSR count). The summed E-state index contributed by atoms with van der Waals surface area (Å²) >= 11 is 0. The Bertz CT molecular complexity index is 519. The third kappa shape index (κ3) is 2.97. The van der Waals surface area contributed by atoms with Crippen LogP contribution >= 0.6 is 0 Å². The first-order valence-electron chi connectivity index (χ1n) is 7.38. The molecule has 2 aliphatic heterocycles. The van der Waals surface area contributed by atoms with Crippen molar-refractivity contribution in [1.29, 1.82) is 0 Å². The first-order valence-corrected chi connectivity index (χ1v) is 7.38. The number of hydrogen-bond donors (Lipinski definition) is 1. The fraction of sp³-hybridized carbons (Fsp3) is 0.562. The van der Waals surface area contributed by atoms with Crippen LogP contribution < -0.4 is 14.8 Å². The van der Waals surface area contributed by atoms with Crippen molar-refractivity contribution in [2.75, 3.05) is 14.2 Å². The average Bonchev–Trinajstić information content (AvgIpc) is 2.85. The van der Waals surface area contributed by atoms with Crippen LogP contribution in [0.15, 0.2) is 18.2 Å². The van der Waals surface area contributed by atoms with E-state index in [0.29, 0.717) is 29.1 Å². The second-order valence-corrected chi connectivity index (χ2v) is 5.71. The van der Waals surface area contributed by atoms with E-state index in [1.807, 2.05) is 0 Å². The molecule has 2 saturated heterocycles. The van der Waals surface area contributed by atoms with Gasteiger partial charge >= 0.3 is 5.97 Å². The Morgan fingerprint density at radius 3 is 2.38 bits per heavy atom. The van der Waals surface area contributed by atoms with Gasteiger partial charge in [0.2, 0.25) is 0 Å². The highest BCUT2D eigenvalue weighted by Crippen LogP contribution is 2.31. The minimum absolute atomic E-state index is 0.0179. The highest BCUT2D eigenvalue weighted by molar-refractivity contribution is 5.90. The Morgan fingerprint density at radius 1 is 1.10 bits per heavy atom. The van der Waals surface area contributed by atoms with E-state index in [4.69, 9.17) is 14.2 Å². The molecule has 0 radical (unpaired) electrons. The maximum Gasteiger partial charge on any atom is 0.338 e. The van der Waals surface area contributed by atoms with Crippen LogP contribution in [0.25, 0.3) is 0 Å². The van der Waals surface area contributed by atoms with Crippen LogP contribution in [0.1, 0.15) is 36.0 Å². The van der Waals surface area contributed by atoms with E-state index < -0.39 is 0 Å². The van der Waals surface area contributed by atoms with Crippen molar-refractivity contribution in [2.45, 2.75) is 43.9 Å². The molecule has 0 spiro atoms. The summed E-state index contributed by atoms with van der Waals surface area (Å²) in [6, 6.07) is 6.11. The van der Waals surface area contributed by atoms with Gasteiger partial charge in [-0.1, -0.05) is 0 Å². The molecule has 21 heavy (non-hydrogen) atoms. The van der Waals surface area contributed by atoms with Gasteiger partial charge < -0.3 is 19.5 Å². The lowest BCUT2D eigenvalue weighted by atomic mass is 10.0. The summed E-state index contributed by atoms with van der Waals surface area (Å²) in [5, 5.41) is 3.54. The molecule has 2 fully saturated rings. The smallest absolute Gasteiger partial charge is 0.338 e. The van der Waals surface area contributed by atoms with Gasteiger partial charge in [-0.25, -0.2) is 4.79 Å². The van der Waals surface area contributed by atoms with Gasteiger partial charge in [-0.05, 0) is 43.9 Å². The van der Waals surface area contributed by atoms with Gasteiger partial charge in [0.05, 0.1) is 19.8 Å². The average molecular weight is 291 g/mol. The molecule has 0 aliphatic carbocycles. The maximum atomic E-state index is 12.3. The lowest BCUT2D eigenvalue weighted by molar-refractivity contribution is 0.0177. The molecule has 0 saturated carbocycles. The van der Waals surface area contributed by atoms with Gasteiger partial charge in [0, 0.05) is 12.1 Å². The third-order valence-corrected chi connectivity index (χ3v) is 4.32. The molecule has 1 N–H and O–H groups in total. The molecule has 0 aromatic heterocycles. The lowest BCUT2D eigenvalue weighted by Gasteiger charge is -2.28. The second-order valence-electron chi connectivity index (χ2n) is 5.71. The minimum Gasteiger partial charge on any atom is -0.493 e. The molecule has 2 bridgehead atoms. The van der Waals surface area contributed by atoms with Crippen LogP contribution in [0.4, 0.5) is 0 Å².